The molecule has 1 unspecified atom stereocenters. The summed E-state index contributed by atoms with van der Waals surface area (Å²) in [5, 5.41) is 14.0. The lowest BCUT2D eigenvalue weighted by Crippen LogP contribution is -2.44. The third-order valence-corrected chi connectivity index (χ3v) is 2.60. The summed E-state index contributed by atoms with van der Waals surface area (Å²) < 4.78 is 0. The smallest absolute Gasteiger partial charge is 0.321 e. The molecule has 0 aliphatic heterocycles. The predicted molar refractivity (Wildman–Crippen MR) is 74.8 cm³/mol. The number of imide groups is 1. The summed E-state index contributed by atoms with van der Waals surface area (Å²) in [7, 11) is 1.78. The molecule has 0 aromatic heterocycles. The SMILES string of the molecule is CC(C)CCNC(=O)NC(=O)CN(C)CCC(C)O. The number of hydrogen-bond donors (Lipinski definition) is 3. The predicted octanol–water partition coefficient (Wildman–Crippen LogP) is 0.561. The van der Waals surface area contributed by atoms with Crippen molar-refractivity contribution in [3.05, 3.63) is 0 Å². The molecule has 1 atom stereocenters. The fourth-order valence-corrected chi connectivity index (χ4v) is 1.42. The van der Waals surface area contributed by atoms with Crippen molar-refractivity contribution in [2.45, 2.75) is 39.7 Å². The topological polar surface area (TPSA) is 81.7 Å². The van der Waals surface area contributed by atoms with Crippen LogP contribution in [0.5, 0.6) is 0 Å². The Morgan fingerprint density at radius 1 is 1.21 bits per heavy atom. The molecule has 0 heterocycles. The fraction of sp³-hybridized carbons (Fsp3) is 0.846. The quantitative estimate of drug-likeness (QED) is 0.603. The molecule has 0 saturated carbocycles. The number of nitrogens with zero attached hydrogens (tertiary/aromatic N) is 1. The van der Waals surface area contributed by atoms with Gasteiger partial charge in [0.1, 0.15) is 0 Å². The van der Waals surface area contributed by atoms with Gasteiger partial charge in [0.25, 0.3) is 0 Å². The zero-order valence-corrected chi connectivity index (χ0v) is 12.4. The molecule has 0 aliphatic carbocycles. The maximum atomic E-state index is 11.5. The third-order valence-electron chi connectivity index (χ3n) is 2.60. The van der Waals surface area contributed by atoms with E-state index in [2.05, 4.69) is 24.5 Å². The standard InChI is InChI=1S/C13H27N3O3/c1-10(2)5-7-14-13(19)15-12(18)9-16(4)8-6-11(3)17/h10-11,17H,5-9H2,1-4H3,(H2,14,15,18,19). The van der Waals surface area contributed by atoms with Gasteiger partial charge in [-0.1, -0.05) is 13.8 Å². The van der Waals surface area contributed by atoms with Gasteiger partial charge in [-0.05, 0) is 32.7 Å². The van der Waals surface area contributed by atoms with Crippen LogP contribution in [-0.4, -0.2) is 54.7 Å². The average molecular weight is 273 g/mol. The van der Waals surface area contributed by atoms with Crippen LogP contribution in [0, 0.1) is 5.92 Å². The van der Waals surface area contributed by atoms with E-state index in [1.807, 2.05) is 0 Å². The highest BCUT2D eigenvalue weighted by Crippen LogP contribution is 1.96. The molecule has 0 radical (unpaired) electrons. The van der Waals surface area contributed by atoms with Crippen LogP contribution in [0.15, 0.2) is 0 Å². The van der Waals surface area contributed by atoms with Gasteiger partial charge in [-0.3, -0.25) is 15.0 Å². The molecule has 3 amide bonds. The van der Waals surface area contributed by atoms with Gasteiger partial charge in [0, 0.05) is 13.1 Å². The molecule has 0 rings (SSSR count). The Labute approximate surface area is 115 Å². The highest BCUT2D eigenvalue weighted by atomic mass is 16.3. The Bertz CT molecular complexity index is 280. The molecule has 0 aromatic rings. The van der Waals surface area contributed by atoms with Crippen molar-refractivity contribution < 1.29 is 14.7 Å². The highest BCUT2D eigenvalue weighted by molar-refractivity contribution is 5.95. The molecule has 3 N–H and O–H groups in total. The first-order chi connectivity index (χ1) is 8.81. The van der Waals surface area contributed by atoms with Gasteiger partial charge in [-0.2, -0.15) is 0 Å². The molecule has 0 saturated heterocycles. The number of rotatable bonds is 8. The average Bonchev–Trinajstić information content (AvgIpc) is 2.25. The minimum atomic E-state index is -0.449. The summed E-state index contributed by atoms with van der Waals surface area (Å²) >= 11 is 0. The van der Waals surface area contributed by atoms with Gasteiger partial charge in [0.2, 0.25) is 5.91 Å². The molecule has 0 spiro atoms. The van der Waals surface area contributed by atoms with Crippen molar-refractivity contribution in [1.29, 1.82) is 0 Å². The Kier molecular flexibility index (Phi) is 9.16. The lowest BCUT2D eigenvalue weighted by molar-refractivity contribution is -0.120. The van der Waals surface area contributed by atoms with Crippen LogP contribution in [0.2, 0.25) is 0 Å². The van der Waals surface area contributed by atoms with E-state index in [0.717, 1.165) is 6.42 Å². The van der Waals surface area contributed by atoms with Crippen LogP contribution >= 0.6 is 0 Å². The number of aliphatic hydroxyl groups is 1. The third kappa shape index (κ3) is 11.7. The van der Waals surface area contributed by atoms with Gasteiger partial charge in [0.15, 0.2) is 0 Å². The van der Waals surface area contributed by atoms with Gasteiger partial charge in [0.05, 0.1) is 12.6 Å². The summed E-state index contributed by atoms with van der Waals surface area (Å²) in [4.78, 5) is 24.7. The van der Waals surface area contributed by atoms with Crippen LogP contribution in [0.3, 0.4) is 0 Å². The number of nitrogens with one attached hydrogen (secondary N) is 2. The monoisotopic (exact) mass is 273 g/mol. The molecular weight excluding hydrogens is 246 g/mol. The summed E-state index contributed by atoms with van der Waals surface area (Å²) in [5.74, 6) is 0.178. The summed E-state index contributed by atoms with van der Waals surface area (Å²) in [5.41, 5.74) is 0. The van der Waals surface area contributed by atoms with Gasteiger partial charge in [-0.25, -0.2) is 4.79 Å². The normalized spacial score (nSPS) is 12.6. The minimum Gasteiger partial charge on any atom is -0.393 e. The Morgan fingerprint density at radius 3 is 2.37 bits per heavy atom. The van der Waals surface area contributed by atoms with Crippen LogP contribution in [0.4, 0.5) is 4.79 Å². The molecule has 19 heavy (non-hydrogen) atoms. The van der Waals surface area contributed by atoms with Crippen molar-refractivity contribution in [2.75, 3.05) is 26.7 Å². The van der Waals surface area contributed by atoms with E-state index in [0.29, 0.717) is 25.4 Å². The number of aliphatic hydroxyl groups excluding tert-OH is 1. The number of hydrogen-bond acceptors (Lipinski definition) is 4. The first-order valence-corrected chi connectivity index (χ1v) is 6.75. The summed E-state index contributed by atoms with van der Waals surface area (Å²) in [6.45, 7) is 7.17. The molecule has 112 valence electrons. The first kappa shape index (κ1) is 17.9. The van der Waals surface area contributed by atoms with Crippen molar-refractivity contribution in [3.8, 4) is 0 Å². The van der Waals surface area contributed by atoms with Crippen molar-refractivity contribution >= 4 is 11.9 Å². The van der Waals surface area contributed by atoms with E-state index in [4.69, 9.17) is 5.11 Å². The molecule has 0 bridgehead atoms. The fourth-order valence-electron chi connectivity index (χ4n) is 1.42. The number of amides is 3. The number of urea groups is 1. The molecule has 6 heteroatoms. The summed E-state index contributed by atoms with van der Waals surface area (Å²) in [6.07, 6.45) is 1.10. The minimum absolute atomic E-state index is 0.143. The van der Waals surface area contributed by atoms with Crippen LogP contribution in [0.1, 0.15) is 33.6 Å². The van der Waals surface area contributed by atoms with E-state index in [1.165, 1.54) is 0 Å². The van der Waals surface area contributed by atoms with Crippen LogP contribution in [0.25, 0.3) is 0 Å². The molecule has 0 aliphatic rings. The van der Waals surface area contributed by atoms with E-state index >= 15 is 0 Å². The maximum Gasteiger partial charge on any atom is 0.321 e. The van der Waals surface area contributed by atoms with Crippen molar-refractivity contribution in [3.63, 3.8) is 0 Å². The van der Waals surface area contributed by atoms with Gasteiger partial charge in [-0.15, -0.1) is 0 Å². The zero-order valence-electron chi connectivity index (χ0n) is 12.4. The van der Waals surface area contributed by atoms with E-state index < -0.39 is 6.03 Å². The molecule has 0 fully saturated rings. The lowest BCUT2D eigenvalue weighted by atomic mass is 10.1. The molecular formula is C13H27N3O3. The largest absolute Gasteiger partial charge is 0.393 e. The number of carbonyl (C=O) groups is 2. The van der Waals surface area contributed by atoms with E-state index in [9.17, 15) is 9.59 Å². The van der Waals surface area contributed by atoms with Crippen molar-refractivity contribution in [2.24, 2.45) is 5.92 Å². The van der Waals surface area contributed by atoms with Crippen molar-refractivity contribution in [1.82, 2.24) is 15.5 Å². The first-order valence-electron chi connectivity index (χ1n) is 6.75. The summed E-state index contributed by atoms with van der Waals surface area (Å²) in [6, 6.07) is -0.449. The second kappa shape index (κ2) is 9.75. The Hall–Kier alpha value is -1.14. The number of likely N-dealkylation sites (N-methyl/N-ethyl adjacent to an activating group) is 1. The Balaban J connectivity index is 3.75. The van der Waals surface area contributed by atoms with E-state index in [1.54, 1.807) is 18.9 Å². The van der Waals surface area contributed by atoms with Crippen LogP contribution in [-0.2, 0) is 4.79 Å². The van der Waals surface area contributed by atoms with Gasteiger partial charge < -0.3 is 10.4 Å². The zero-order chi connectivity index (χ0) is 14.8. The molecule has 0 aromatic carbocycles. The van der Waals surface area contributed by atoms with Gasteiger partial charge >= 0.3 is 6.03 Å². The Morgan fingerprint density at radius 2 is 1.84 bits per heavy atom. The molecule has 6 nitrogen and oxygen atoms in total. The van der Waals surface area contributed by atoms with E-state index in [-0.39, 0.29) is 18.6 Å². The lowest BCUT2D eigenvalue weighted by Gasteiger charge is -2.16. The highest BCUT2D eigenvalue weighted by Gasteiger charge is 2.10. The maximum absolute atomic E-state index is 11.5. The second-order valence-corrected chi connectivity index (χ2v) is 5.36. The van der Waals surface area contributed by atoms with Crippen LogP contribution < -0.4 is 10.6 Å². The second-order valence-electron chi connectivity index (χ2n) is 5.36. The number of carbonyl (C=O) groups excluding carboxylic acids is 2.